The van der Waals surface area contributed by atoms with Crippen LogP contribution in [0.1, 0.15) is 34.3 Å². The monoisotopic (exact) mass is 448 g/mol. The lowest BCUT2D eigenvalue weighted by Gasteiger charge is -2.22. The number of nitrogens with one attached hydrogen (secondary N) is 3. The van der Waals surface area contributed by atoms with Crippen molar-refractivity contribution < 1.29 is 4.79 Å². The van der Waals surface area contributed by atoms with Crippen LogP contribution >= 0.6 is 0 Å². The first kappa shape index (κ1) is 21.9. The Morgan fingerprint density at radius 2 is 1.65 bits per heavy atom. The zero-order valence-electron chi connectivity index (χ0n) is 19.3. The molecule has 0 spiro atoms. The Balaban J connectivity index is 1.54. The Kier molecular flexibility index (Phi) is 6.16. The van der Waals surface area contributed by atoms with Crippen LogP contribution in [0.4, 0.5) is 0 Å². The number of piperidine rings is 1. The van der Waals surface area contributed by atoms with E-state index in [4.69, 9.17) is 0 Å². The lowest BCUT2D eigenvalue weighted by atomic mass is 9.91. The molecule has 5 heteroatoms. The molecule has 2 heterocycles. The number of carbonyl (C=O) groups excluding carboxylic acids is 1. The normalized spacial score (nSPS) is 14.1. The van der Waals surface area contributed by atoms with Crippen molar-refractivity contribution in [3.8, 4) is 28.3 Å². The molecule has 0 saturated carbocycles. The van der Waals surface area contributed by atoms with Gasteiger partial charge in [-0.2, -0.15) is 5.26 Å². The maximum atomic E-state index is 13.1. The number of benzene rings is 3. The highest BCUT2D eigenvalue weighted by Gasteiger charge is 2.19. The molecule has 1 amide bonds. The molecule has 3 aromatic carbocycles. The van der Waals surface area contributed by atoms with Crippen molar-refractivity contribution in [2.24, 2.45) is 5.92 Å². The number of hydrogen-bond donors (Lipinski definition) is 3. The number of nitriles is 1. The minimum Gasteiger partial charge on any atom is -0.360 e. The van der Waals surface area contributed by atoms with Crippen molar-refractivity contribution >= 4 is 16.8 Å². The maximum absolute atomic E-state index is 13.1. The van der Waals surface area contributed by atoms with Gasteiger partial charge in [-0.1, -0.05) is 42.0 Å². The zero-order chi connectivity index (χ0) is 23.5. The standard InChI is InChI=1S/C29H28N4O/c1-19-2-6-22(7-3-19)25-15-28-26(14-24(25)23-8-4-20(16-30)5-9-23)27(18-32-28)29(34)33-17-21-10-12-31-13-11-21/h2-9,14-15,18,21,31-32H,10-13,17H2,1H3,(H,33,34). The van der Waals surface area contributed by atoms with Gasteiger partial charge in [0.2, 0.25) is 0 Å². The molecule has 1 aromatic heterocycles. The molecular weight excluding hydrogens is 420 g/mol. The van der Waals surface area contributed by atoms with Crippen LogP contribution in [0.5, 0.6) is 0 Å². The molecule has 34 heavy (non-hydrogen) atoms. The van der Waals surface area contributed by atoms with Crippen LogP contribution in [-0.4, -0.2) is 30.5 Å². The highest BCUT2D eigenvalue weighted by atomic mass is 16.1. The van der Waals surface area contributed by atoms with E-state index < -0.39 is 0 Å². The zero-order valence-corrected chi connectivity index (χ0v) is 19.3. The Morgan fingerprint density at radius 3 is 2.32 bits per heavy atom. The summed E-state index contributed by atoms with van der Waals surface area (Å²) in [6.45, 7) is 4.82. The second kappa shape index (κ2) is 9.54. The van der Waals surface area contributed by atoms with Crippen LogP contribution < -0.4 is 10.6 Å². The van der Waals surface area contributed by atoms with E-state index in [0.717, 1.165) is 59.1 Å². The fraction of sp³-hybridized carbons (Fsp3) is 0.241. The maximum Gasteiger partial charge on any atom is 0.253 e. The summed E-state index contributed by atoms with van der Waals surface area (Å²) >= 11 is 0. The summed E-state index contributed by atoms with van der Waals surface area (Å²) < 4.78 is 0. The molecule has 1 aliphatic rings. The van der Waals surface area contributed by atoms with Crippen LogP contribution in [0, 0.1) is 24.2 Å². The Morgan fingerprint density at radius 1 is 1.00 bits per heavy atom. The van der Waals surface area contributed by atoms with E-state index in [-0.39, 0.29) is 5.91 Å². The fourth-order valence-electron chi connectivity index (χ4n) is 4.71. The van der Waals surface area contributed by atoms with Crippen LogP contribution in [0.2, 0.25) is 0 Å². The van der Waals surface area contributed by atoms with Crippen molar-refractivity contribution in [1.29, 1.82) is 5.26 Å². The van der Waals surface area contributed by atoms with Gasteiger partial charge in [-0.05, 0) is 85.3 Å². The van der Waals surface area contributed by atoms with Crippen molar-refractivity contribution in [1.82, 2.24) is 15.6 Å². The number of aromatic nitrogens is 1. The molecule has 4 aromatic rings. The molecule has 1 fully saturated rings. The summed E-state index contributed by atoms with van der Waals surface area (Å²) in [5.74, 6) is 0.483. The van der Waals surface area contributed by atoms with E-state index in [2.05, 4.69) is 65.0 Å². The summed E-state index contributed by atoms with van der Waals surface area (Å²) in [6, 6.07) is 22.5. The molecule has 0 aliphatic carbocycles. The first-order chi connectivity index (χ1) is 16.6. The predicted octanol–water partition coefficient (Wildman–Crippen LogP) is 5.41. The first-order valence-corrected chi connectivity index (χ1v) is 11.8. The van der Waals surface area contributed by atoms with Crippen LogP contribution in [-0.2, 0) is 0 Å². The van der Waals surface area contributed by atoms with Crippen molar-refractivity contribution in [2.45, 2.75) is 19.8 Å². The van der Waals surface area contributed by atoms with Gasteiger partial charge in [0.15, 0.2) is 0 Å². The van der Waals surface area contributed by atoms with Gasteiger partial charge in [0.25, 0.3) is 5.91 Å². The second-order valence-corrected chi connectivity index (χ2v) is 9.10. The number of fused-ring (bicyclic) bond motifs is 1. The van der Waals surface area contributed by atoms with E-state index >= 15 is 0 Å². The van der Waals surface area contributed by atoms with E-state index in [1.165, 1.54) is 5.56 Å². The summed E-state index contributed by atoms with van der Waals surface area (Å²) in [5, 5.41) is 16.6. The third-order valence-corrected chi connectivity index (χ3v) is 6.76. The van der Waals surface area contributed by atoms with E-state index in [1.54, 1.807) is 0 Å². The summed E-state index contributed by atoms with van der Waals surface area (Å²) in [4.78, 5) is 16.4. The summed E-state index contributed by atoms with van der Waals surface area (Å²) in [7, 11) is 0. The molecule has 0 atom stereocenters. The molecule has 1 saturated heterocycles. The van der Waals surface area contributed by atoms with Crippen molar-refractivity contribution in [2.75, 3.05) is 19.6 Å². The number of H-pyrrole nitrogens is 1. The summed E-state index contributed by atoms with van der Waals surface area (Å²) in [5.41, 5.74) is 7.67. The van der Waals surface area contributed by atoms with Crippen LogP contribution in [0.25, 0.3) is 33.2 Å². The van der Waals surface area contributed by atoms with E-state index in [0.29, 0.717) is 23.6 Å². The number of aromatic amines is 1. The molecule has 170 valence electrons. The molecule has 5 nitrogen and oxygen atoms in total. The molecule has 0 bridgehead atoms. The van der Waals surface area contributed by atoms with Gasteiger partial charge in [0, 0.05) is 23.6 Å². The lowest BCUT2D eigenvalue weighted by Crippen LogP contribution is -2.35. The van der Waals surface area contributed by atoms with Crippen LogP contribution in [0.3, 0.4) is 0 Å². The predicted molar refractivity (Wildman–Crippen MR) is 137 cm³/mol. The third kappa shape index (κ3) is 4.46. The molecule has 0 unspecified atom stereocenters. The number of rotatable bonds is 5. The number of carbonyl (C=O) groups is 1. The number of hydrogen-bond acceptors (Lipinski definition) is 3. The van der Waals surface area contributed by atoms with Crippen molar-refractivity contribution in [3.63, 3.8) is 0 Å². The van der Waals surface area contributed by atoms with Gasteiger partial charge < -0.3 is 15.6 Å². The summed E-state index contributed by atoms with van der Waals surface area (Å²) in [6.07, 6.45) is 4.00. The Bertz CT molecular complexity index is 1350. The van der Waals surface area contributed by atoms with Gasteiger partial charge in [-0.15, -0.1) is 0 Å². The highest BCUT2D eigenvalue weighted by Crippen LogP contribution is 2.37. The number of aryl methyl sites for hydroxylation is 1. The van der Waals surface area contributed by atoms with Gasteiger partial charge in [-0.3, -0.25) is 4.79 Å². The quantitative estimate of drug-likeness (QED) is 0.382. The van der Waals surface area contributed by atoms with Gasteiger partial charge in [0.1, 0.15) is 0 Å². The molecular formula is C29H28N4O. The van der Waals surface area contributed by atoms with E-state index in [1.807, 2.05) is 30.5 Å². The molecule has 3 N–H and O–H groups in total. The average molecular weight is 449 g/mol. The lowest BCUT2D eigenvalue weighted by molar-refractivity contribution is 0.0946. The van der Waals surface area contributed by atoms with E-state index in [9.17, 15) is 10.1 Å². The Hall–Kier alpha value is -3.88. The smallest absolute Gasteiger partial charge is 0.253 e. The Labute approximate surface area is 199 Å². The van der Waals surface area contributed by atoms with Gasteiger partial charge in [-0.25, -0.2) is 0 Å². The van der Waals surface area contributed by atoms with Gasteiger partial charge >= 0.3 is 0 Å². The topological polar surface area (TPSA) is 80.7 Å². The molecule has 0 radical (unpaired) electrons. The minimum atomic E-state index is -0.0429. The highest BCUT2D eigenvalue weighted by molar-refractivity contribution is 6.09. The second-order valence-electron chi connectivity index (χ2n) is 9.10. The van der Waals surface area contributed by atoms with Gasteiger partial charge in [0.05, 0.1) is 17.2 Å². The molecule has 1 aliphatic heterocycles. The van der Waals surface area contributed by atoms with Crippen molar-refractivity contribution in [3.05, 3.63) is 83.6 Å². The fourth-order valence-corrected chi connectivity index (χ4v) is 4.71. The number of amides is 1. The first-order valence-electron chi connectivity index (χ1n) is 11.8. The molecule has 5 rings (SSSR count). The van der Waals surface area contributed by atoms with Crippen LogP contribution in [0.15, 0.2) is 66.9 Å². The SMILES string of the molecule is Cc1ccc(-c2cc3[nH]cc(C(=O)NCC4CCNCC4)c3cc2-c2ccc(C#N)cc2)cc1. The minimum absolute atomic E-state index is 0.0429. The largest absolute Gasteiger partial charge is 0.360 e. The third-order valence-electron chi connectivity index (χ3n) is 6.76. The average Bonchev–Trinajstić information content (AvgIpc) is 3.31. The number of nitrogens with zero attached hydrogens (tertiary/aromatic N) is 1.